The first-order valence-corrected chi connectivity index (χ1v) is 13.6. The van der Waals surface area contributed by atoms with Crippen LogP contribution in [0.25, 0.3) is 0 Å². The molecule has 4 heteroatoms. The number of hydrogen-bond acceptors (Lipinski definition) is 3. The number of carboxylic acid groups (broad SMARTS) is 1. The fourth-order valence-corrected chi connectivity index (χ4v) is 4.50. The van der Waals surface area contributed by atoms with Gasteiger partial charge in [-0.25, -0.2) is 0 Å². The van der Waals surface area contributed by atoms with Crippen LogP contribution < -0.4 is 34.7 Å². The summed E-state index contributed by atoms with van der Waals surface area (Å²) in [4.78, 5) is 13.6. The van der Waals surface area contributed by atoms with Crippen LogP contribution in [0.3, 0.4) is 0 Å². The van der Waals surface area contributed by atoms with Gasteiger partial charge in [0.1, 0.15) is 0 Å². The van der Waals surface area contributed by atoms with E-state index in [-0.39, 0.29) is 36.0 Å². The number of carbonyl (C=O) groups is 1. The first kappa shape index (κ1) is 33.6. The molecule has 0 aliphatic rings. The minimum absolute atomic E-state index is 0. The summed E-state index contributed by atoms with van der Waals surface area (Å²) >= 11 is 0. The average Bonchev–Trinajstić information content (AvgIpc) is 2.73. The second-order valence-electron chi connectivity index (χ2n) is 9.34. The van der Waals surface area contributed by atoms with Crippen molar-refractivity contribution in [3.63, 3.8) is 0 Å². The Bertz CT molecular complexity index is 345. The number of rotatable bonds is 24. The zero-order chi connectivity index (χ0) is 22.3. The van der Waals surface area contributed by atoms with Crippen LogP contribution in [0, 0.1) is 0 Å². The molecule has 180 valence electrons. The molecule has 0 spiro atoms. The van der Waals surface area contributed by atoms with Gasteiger partial charge in [-0.15, -0.1) is 0 Å². The standard InChI is InChI=1S/C27H55NO2.Na/c1-4-7-9-11-13-15-17-19-24-28(26(21-6-3)22-23-27(29)30)25-20-18-16-14-12-10-8-5-2;/h26H,4-25H2,1-3H3,(H,29,30);/q;+1/p-1. The molecule has 0 saturated carbocycles. The first-order valence-electron chi connectivity index (χ1n) is 13.6. The first-order chi connectivity index (χ1) is 14.7. The summed E-state index contributed by atoms with van der Waals surface area (Å²) in [5, 5.41) is 11.0. The van der Waals surface area contributed by atoms with Crippen molar-refractivity contribution in [3.05, 3.63) is 0 Å². The Labute approximate surface area is 217 Å². The molecule has 0 rings (SSSR count). The summed E-state index contributed by atoms with van der Waals surface area (Å²) in [6, 6.07) is 0.419. The second kappa shape index (κ2) is 26.7. The molecular formula is C27H54NNaO2. The van der Waals surface area contributed by atoms with Gasteiger partial charge in [0.25, 0.3) is 0 Å². The maximum Gasteiger partial charge on any atom is 1.00 e. The van der Waals surface area contributed by atoms with Crippen molar-refractivity contribution < 1.29 is 39.5 Å². The number of carbonyl (C=O) groups excluding carboxylic acids is 1. The topological polar surface area (TPSA) is 43.4 Å². The van der Waals surface area contributed by atoms with E-state index in [2.05, 4.69) is 25.7 Å². The summed E-state index contributed by atoms with van der Waals surface area (Å²) in [7, 11) is 0. The zero-order valence-corrected chi connectivity index (χ0v) is 23.9. The molecule has 0 aliphatic heterocycles. The number of hydrogen-bond donors (Lipinski definition) is 0. The molecule has 0 aromatic heterocycles. The van der Waals surface area contributed by atoms with Crippen LogP contribution in [0.4, 0.5) is 0 Å². The summed E-state index contributed by atoms with van der Waals surface area (Å²) in [5.74, 6) is -0.893. The summed E-state index contributed by atoms with van der Waals surface area (Å²) in [6.45, 7) is 9.05. The third kappa shape index (κ3) is 23.4. The molecule has 0 aliphatic carbocycles. The Balaban J connectivity index is 0. The fraction of sp³-hybridized carbons (Fsp3) is 0.963. The van der Waals surface area contributed by atoms with Crippen LogP contribution in [0.15, 0.2) is 0 Å². The molecule has 0 N–H and O–H groups in total. The number of carboxylic acids is 1. The van der Waals surface area contributed by atoms with Crippen molar-refractivity contribution >= 4 is 5.97 Å². The van der Waals surface area contributed by atoms with Crippen molar-refractivity contribution in [2.45, 2.75) is 155 Å². The van der Waals surface area contributed by atoms with E-state index in [4.69, 9.17) is 0 Å². The third-order valence-corrected chi connectivity index (χ3v) is 6.42. The molecule has 0 amide bonds. The summed E-state index contributed by atoms with van der Waals surface area (Å²) in [6.07, 6.45) is 24.8. The normalized spacial score (nSPS) is 12.1. The summed E-state index contributed by atoms with van der Waals surface area (Å²) in [5.41, 5.74) is 0. The van der Waals surface area contributed by atoms with E-state index >= 15 is 0 Å². The van der Waals surface area contributed by atoms with Crippen LogP contribution in [0.5, 0.6) is 0 Å². The van der Waals surface area contributed by atoms with Crippen molar-refractivity contribution in [2.75, 3.05) is 13.1 Å². The van der Waals surface area contributed by atoms with Crippen molar-refractivity contribution in [1.29, 1.82) is 0 Å². The van der Waals surface area contributed by atoms with Crippen LogP contribution in [-0.4, -0.2) is 30.0 Å². The van der Waals surface area contributed by atoms with Crippen molar-refractivity contribution in [3.8, 4) is 0 Å². The molecule has 0 saturated heterocycles. The van der Waals surface area contributed by atoms with Crippen LogP contribution in [-0.2, 0) is 4.79 Å². The van der Waals surface area contributed by atoms with Gasteiger partial charge in [-0.1, -0.05) is 117 Å². The van der Waals surface area contributed by atoms with E-state index in [9.17, 15) is 9.90 Å². The van der Waals surface area contributed by atoms with E-state index in [1.165, 1.54) is 103 Å². The molecular weight excluding hydrogens is 393 g/mol. The fourth-order valence-electron chi connectivity index (χ4n) is 4.50. The predicted octanol–water partition coefficient (Wildman–Crippen LogP) is 4.27. The van der Waals surface area contributed by atoms with Gasteiger partial charge < -0.3 is 14.8 Å². The Hall–Kier alpha value is 0.430. The zero-order valence-electron chi connectivity index (χ0n) is 21.9. The van der Waals surface area contributed by atoms with E-state index < -0.39 is 5.97 Å². The van der Waals surface area contributed by atoms with Gasteiger partial charge in [0.05, 0.1) is 0 Å². The van der Waals surface area contributed by atoms with E-state index in [0.717, 1.165) is 32.4 Å². The van der Waals surface area contributed by atoms with E-state index in [1.807, 2.05) is 0 Å². The molecule has 0 heterocycles. The largest absolute Gasteiger partial charge is 1.00 e. The molecule has 3 nitrogen and oxygen atoms in total. The van der Waals surface area contributed by atoms with Gasteiger partial charge in [0, 0.05) is 12.0 Å². The maximum absolute atomic E-state index is 11.0. The van der Waals surface area contributed by atoms with Gasteiger partial charge in [0.15, 0.2) is 0 Å². The third-order valence-electron chi connectivity index (χ3n) is 6.42. The summed E-state index contributed by atoms with van der Waals surface area (Å²) < 4.78 is 0. The quantitative estimate of drug-likeness (QED) is 0.164. The van der Waals surface area contributed by atoms with Gasteiger partial charge in [-0.3, -0.25) is 0 Å². The Kier molecular flexibility index (Phi) is 28.9. The molecule has 0 bridgehead atoms. The number of unbranched alkanes of at least 4 members (excludes halogenated alkanes) is 14. The van der Waals surface area contributed by atoms with Crippen LogP contribution in [0.1, 0.15) is 149 Å². The molecule has 31 heavy (non-hydrogen) atoms. The second-order valence-corrected chi connectivity index (χ2v) is 9.34. The van der Waals surface area contributed by atoms with E-state index in [1.54, 1.807) is 0 Å². The van der Waals surface area contributed by atoms with Gasteiger partial charge >= 0.3 is 29.6 Å². The van der Waals surface area contributed by atoms with E-state index in [0.29, 0.717) is 6.04 Å². The monoisotopic (exact) mass is 447 g/mol. The Morgan fingerprint density at radius 3 is 1.35 bits per heavy atom. The number of nitrogens with zero attached hydrogens (tertiary/aromatic N) is 1. The number of aliphatic carboxylic acids is 1. The predicted molar refractivity (Wildman–Crippen MR) is 130 cm³/mol. The van der Waals surface area contributed by atoms with Crippen molar-refractivity contribution in [2.24, 2.45) is 0 Å². The molecule has 1 unspecified atom stereocenters. The van der Waals surface area contributed by atoms with Crippen molar-refractivity contribution in [1.82, 2.24) is 4.90 Å². The Morgan fingerprint density at radius 1 is 0.613 bits per heavy atom. The average molecular weight is 448 g/mol. The molecule has 0 radical (unpaired) electrons. The minimum atomic E-state index is -0.893. The van der Waals surface area contributed by atoms with Gasteiger partial charge in [0.2, 0.25) is 0 Å². The molecule has 0 aromatic carbocycles. The van der Waals surface area contributed by atoms with Gasteiger partial charge in [-0.05, 0) is 45.2 Å². The smallest absolute Gasteiger partial charge is 0.550 e. The minimum Gasteiger partial charge on any atom is -0.550 e. The van der Waals surface area contributed by atoms with Gasteiger partial charge in [-0.2, -0.15) is 0 Å². The molecule has 0 aromatic rings. The molecule has 1 atom stereocenters. The van der Waals surface area contributed by atoms with Crippen LogP contribution >= 0.6 is 0 Å². The SMILES string of the molecule is CCCCCCCCCCN(CCCCCCCCCC)C(CCC)CCC(=O)[O-].[Na+]. The maximum atomic E-state index is 11.0. The van der Waals surface area contributed by atoms with Crippen LogP contribution in [0.2, 0.25) is 0 Å². The Morgan fingerprint density at radius 2 is 1.00 bits per heavy atom. The molecule has 0 fully saturated rings.